The summed E-state index contributed by atoms with van der Waals surface area (Å²) in [5.41, 5.74) is 13.1. The van der Waals surface area contributed by atoms with Gasteiger partial charge < -0.3 is 31.6 Å². The van der Waals surface area contributed by atoms with E-state index in [2.05, 4.69) is 20.9 Å². The van der Waals surface area contributed by atoms with Crippen LogP contribution in [0.3, 0.4) is 0 Å². The number of methoxy groups -OCH3 is 1. The number of guanidine groups is 1. The Labute approximate surface area is 262 Å². The molecule has 11 heteroatoms. The van der Waals surface area contributed by atoms with Gasteiger partial charge in [0, 0.05) is 30.1 Å². The Morgan fingerprint density at radius 1 is 0.822 bits per heavy atom. The molecule has 45 heavy (non-hydrogen) atoms. The first-order valence-corrected chi connectivity index (χ1v) is 14.6. The zero-order valence-electron chi connectivity index (χ0n) is 25.1. The Morgan fingerprint density at radius 2 is 1.47 bits per heavy atom. The highest BCUT2D eigenvalue weighted by Crippen LogP contribution is 2.30. The van der Waals surface area contributed by atoms with Crippen molar-refractivity contribution in [2.24, 2.45) is 16.5 Å². The Hall–Kier alpha value is -5.58. The van der Waals surface area contributed by atoms with Crippen LogP contribution in [0, 0.1) is 0 Å². The zero-order chi connectivity index (χ0) is 32.0. The van der Waals surface area contributed by atoms with Crippen LogP contribution in [0.1, 0.15) is 24.0 Å². The lowest BCUT2D eigenvalue weighted by Gasteiger charge is -2.22. The lowest BCUT2D eigenvalue weighted by atomic mass is 10.0. The summed E-state index contributed by atoms with van der Waals surface area (Å²) in [7, 11) is 1.58. The maximum atomic E-state index is 13.6. The van der Waals surface area contributed by atoms with E-state index in [1.54, 1.807) is 13.2 Å². The molecule has 234 valence electrons. The maximum Gasteiger partial charge on any atom is 0.408 e. The van der Waals surface area contributed by atoms with Crippen LogP contribution in [-0.2, 0) is 27.4 Å². The number of nitrogens with zero attached hydrogens (tertiary/aromatic N) is 1. The molecule has 11 nitrogen and oxygen atoms in total. The number of imide groups is 1. The fourth-order valence-corrected chi connectivity index (χ4v) is 4.76. The smallest absolute Gasteiger partial charge is 0.408 e. The van der Waals surface area contributed by atoms with E-state index >= 15 is 0 Å². The summed E-state index contributed by atoms with van der Waals surface area (Å²) < 4.78 is 10.9. The van der Waals surface area contributed by atoms with Crippen LogP contribution in [0.15, 0.2) is 102 Å². The Morgan fingerprint density at radius 3 is 2.16 bits per heavy atom. The molecule has 0 heterocycles. The van der Waals surface area contributed by atoms with Gasteiger partial charge in [0.25, 0.3) is 0 Å². The molecule has 4 aromatic carbocycles. The first kappa shape index (κ1) is 32.3. The number of aliphatic imine (C=N–C) groups is 1. The SMILES string of the molecule is COc1cc(N[C@@H](CCCN=C(N)N)C(=O)NC(=O)[C@H](Cc2ccccc2)NC(=O)OCc2ccccc2)cc2ccccc12. The number of carbonyl (C=O) groups is 3. The van der Waals surface area contributed by atoms with E-state index in [4.69, 9.17) is 20.9 Å². The van der Waals surface area contributed by atoms with Crippen LogP contribution < -0.4 is 32.2 Å². The molecule has 7 N–H and O–H groups in total. The number of fused-ring (bicyclic) bond motifs is 1. The van der Waals surface area contributed by atoms with E-state index in [0.717, 1.165) is 21.9 Å². The van der Waals surface area contributed by atoms with Crippen molar-refractivity contribution < 1.29 is 23.9 Å². The van der Waals surface area contributed by atoms with Crippen molar-refractivity contribution in [3.05, 3.63) is 108 Å². The minimum absolute atomic E-state index is 0.0301. The van der Waals surface area contributed by atoms with Gasteiger partial charge in [-0.25, -0.2) is 4.79 Å². The highest BCUT2D eigenvalue weighted by Gasteiger charge is 2.27. The van der Waals surface area contributed by atoms with E-state index < -0.39 is 30.0 Å². The van der Waals surface area contributed by atoms with E-state index in [1.807, 2.05) is 91.0 Å². The van der Waals surface area contributed by atoms with Crippen molar-refractivity contribution in [2.75, 3.05) is 19.0 Å². The Balaban J connectivity index is 1.50. The van der Waals surface area contributed by atoms with Crippen molar-refractivity contribution in [2.45, 2.75) is 38.0 Å². The molecule has 4 aromatic rings. The van der Waals surface area contributed by atoms with Crippen LogP contribution in [0.2, 0.25) is 0 Å². The number of amides is 3. The summed E-state index contributed by atoms with van der Waals surface area (Å²) in [5, 5.41) is 10.2. The summed E-state index contributed by atoms with van der Waals surface area (Å²) in [6.07, 6.45) is 0.128. The third-order valence-electron chi connectivity index (χ3n) is 7.00. The summed E-state index contributed by atoms with van der Waals surface area (Å²) in [6.45, 7) is 0.330. The predicted molar refractivity (Wildman–Crippen MR) is 175 cm³/mol. The third kappa shape index (κ3) is 9.99. The summed E-state index contributed by atoms with van der Waals surface area (Å²) >= 11 is 0. The van der Waals surface area contributed by atoms with Gasteiger partial charge in [-0.2, -0.15) is 0 Å². The third-order valence-corrected chi connectivity index (χ3v) is 7.00. The molecule has 0 aliphatic carbocycles. The van der Waals surface area contributed by atoms with Gasteiger partial charge in [-0.05, 0) is 35.4 Å². The number of rotatable bonds is 14. The number of anilines is 1. The first-order chi connectivity index (χ1) is 21.8. The van der Waals surface area contributed by atoms with Gasteiger partial charge >= 0.3 is 6.09 Å². The van der Waals surface area contributed by atoms with E-state index in [9.17, 15) is 14.4 Å². The normalized spacial score (nSPS) is 11.9. The molecule has 0 aliphatic rings. The molecule has 4 rings (SSSR count). The molecule has 0 spiro atoms. The quantitative estimate of drug-likeness (QED) is 0.0814. The second kappa shape index (κ2) is 16.3. The molecule has 3 amide bonds. The van der Waals surface area contributed by atoms with Crippen LogP contribution in [0.5, 0.6) is 5.75 Å². The summed E-state index contributed by atoms with van der Waals surface area (Å²) in [4.78, 5) is 43.8. The topological polar surface area (TPSA) is 170 Å². The Bertz CT molecular complexity index is 1610. The van der Waals surface area contributed by atoms with Gasteiger partial charge in [-0.15, -0.1) is 0 Å². The van der Waals surface area contributed by atoms with Crippen molar-refractivity contribution in [3.63, 3.8) is 0 Å². The van der Waals surface area contributed by atoms with E-state index in [-0.39, 0.29) is 19.0 Å². The summed E-state index contributed by atoms with van der Waals surface area (Å²) in [6, 6.07) is 27.9. The molecule has 0 aliphatic heterocycles. The molecule has 0 aromatic heterocycles. The van der Waals surface area contributed by atoms with Crippen LogP contribution in [0.25, 0.3) is 10.8 Å². The zero-order valence-corrected chi connectivity index (χ0v) is 25.1. The first-order valence-electron chi connectivity index (χ1n) is 14.6. The summed E-state index contributed by atoms with van der Waals surface area (Å²) in [5.74, 6) is -0.665. The molecule has 0 unspecified atom stereocenters. The average Bonchev–Trinajstić information content (AvgIpc) is 3.05. The van der Waals surface area contributed by atoms with Crippen LogP contribution >= 0.6 is 0 Å². The van der Waals surface area contributed by atoms with E-state index in [1.165, 1.54) is 0 Å². The number of carbonyl (C=O) groups excluding carboxylic acids is 3. The van der Waals surface area contributed by atoms with E-state index in [0.29, 0.717) is 30.8 Å². The highest BCUT2D eigenvalue weighted by molar-refractivity contribution is 6.02. The molecule has 2 atom stereocenters. The number of nitrogens with two attached hydrogens (primary N) is 2. The van der Waals surface area contributed by atoms with Crippen LogP contribution in [0.4, 0.5) is 10.5 Å². The number of benzene rings is 4. The Kier molecular flexibility index (Phi) is 11.7. The van der Waals surface area contributed by atoms with Gasteiger partial charge in [-0.3, -0.25) is 19.9 Å². The highest BCUT2D eigenvalue weighted by atomic mass is 16.5. The number of hydrogen-bond acceptors (Lipinski definition) is 7. The lowest BCUT2D eigenvalue weighted by Crippen LogP contribution is -2.52. The molecule has 0 saturated carbocycles. The van der Waals surface area contributed by atoms with Crippen molar-refractivity contribution in [1.29, 1.82) is 0 Å². The van der Waals surface area contributed by atoms with Gasteiger partial charge in [0.2, 0.25) is 11.8 Å². The number of alkyl carbamates (subject to hydrolysis) is 1. The monoisotopic (exact) mass is 610 g/mol. The predicted octanol–water partition coefficient (Wildman–Crippen LogP) is 3.86. The lowest BCUT2D eigenvalue weighted by molar-refractivity contribution is -0.132. The minimum atomic E-state index is -1.08. The molecule has 0 radical (unpaired) electrons. The molecular formula is C34H38N6O5. The van der Waals surface area contributed by atoms with Gasteiger partial charge in [0.15, 0.2) is 5.96 Å². The number of ether oxygens (including phenoxy) is 2. The largest absolute Gasteiger partial charge is 0.496 e. The second-order valence-corrected chi connectivity index (χ2v) is 10.3. The average molecular weight is 611 g/mol. The molecule has 0 fully saturated rings. The van der Waals surface area contributed by atoms with Crippen molar-refractivity contribution in [3.8, 4) is 5.75 Å². The van der Waals surface area contributed by atoms with Crippen molar-refractivity contribution in [1.82, 2.24) is 10.6 Å². The van der Waals surface area contributed by atoms with Crippen molar-refractivity contribution >= 4 is 40.3 Å². The van der Waals surface area contributed by atoms with Gasteiger partial charge in [0.05, 0.1) is 7.11 Å². The number of hydrogen-bond donors (Lipinski definition) is 5. The van der Waals surface area contributed by atoms with Gasteiger partial charge in [0.1, 0.15) is 24.4 Å². The van der Waals surface area contributed by atoms with Crippen LogP contribution in [-0.4, -0.2) is 49.6 Å². The second-order valence-electron chi connectivity index (χ2n) is 10.3. The number of nitrogens with one attached hydrogen (secondary N) is 3. The maximum absolute atomic E-state index is 13.6. The standard InChI is InChI=1S/C34H38N6O5/c1-44-30-21-26(20-25-15-8-9-16-27(25)30)38-28(17-10-18-37-33(35)36)31(41)40-32(42)29(19-23-11-4-2-5-12-23)39-34(43)45-22-24-13-6-3-7-14-24/h2-9,11-16,20-21,28-29,38H,10,17-19,22H2,1H3,(H,39,43)(H4,35,36,37)(H,40,41,42)/t28-,29-/m0/s1. The molecule has 0 bridgehead atoms. The molecular weight excluding hydrogens is 572 g/mol. The molecule has 0 saturated heterocycles. The van der Waals surface area contributed by atoms with Gasteiger partial charge in [-0.1, -0.05) is 84.9 Å². The fraction of sp³-hybridized carbons (Fsp3) is 0.235. The fourth-order valence-electron chi connectivity index (χ4n) is 4.76. The minimum Gasteiger partial charge on any atom is -0.496 e.